The van der Waals surface area contributed by atoms with Crippen molar-refractivity contribution in [2.24, 2.45) is 0 Å². The normalized spacial score (nSPS) is 20.0. The molecule has 0 aliphatic carbocycles. The molecule has 112 valence electrons. The first kappa shape index (κ1) is 14.6. The SMILES string of the molecule is CCNCC1CCCCN1Cc1cccc2ccccc12. The Morgan fingerprint density at radius 1 is 1.10 bits per heavy atom. The predicted octanol–water partition coefficient (Wildman–Crippen LogP) is 3.80. The maximum absolute atomic E-state index is 3.53. The van der Waals surface area contributed by atoms with E-state index >= 15 is 0 Å². The second kappa shape index (κ2) is 7.06. The first-order valence-electron chi connectivity index (χ1n) is 8.30. The molecule has 1 fully saturated rings. The van der Waals surface area contributed by atoms with Gasteiger partial charge in [0.15, 0.2) is 0 Å². The minimum atomic E-state index is 0.692. The van der Waals surface area contributed by atoms with E-state index in [0.29, 0.717) is 6.04 Å². The van der Waals surface area contributed by atoms with Crippen LogP contribution < -0.4 is 5.32 Å². The summed E-state index contributed by atoms with van der Waals surface area (Å²) >= 11 is 0. The Balaban J connectivity index is 1.79. The van der Waals surface area contributed by atoms with Crippen LogP contribution in [0.1, 0.15) is 31.7 Å². The Labute approximate surface area is 128 Å². The molecule has 2 heteroatoms. The number of benzene rings is 2. The molecule has 21 heavy (non-hydrogen) atoms. The van der Waals surface area contributed by atoms with Crippen LogP contribution >= 0.6 is 0 Å². The summed E-state index contributed by atoms with van der Waals surface area (Å²) in [6, 6.07) is 16.1. The number of piperidine rings is 1. The molecule has 1 atom stereocenters. The molecule has 2 nitrogen and oxygen atoms in total. The van der Waals surface area contributed by atoms with Crippen LogP contribution in [0.2, 0.25) is 0 Å². The lowest BCUT2D eigenvalue weighted by atomic mass is 9.99. The molecule has 0 spiro atoms. The van der Waals surface area contributed by atoms with Gasteiger partial charge in [-0.3, -0.25) is 4.90 Å². The molecule has 2 aromatic rings. The van der Waals surface area contributed by atoms with Gasteiger partial charge in [-0.1, -0.05) is 55.8 Å². The number of hydrogen-bond acceptors (Lipinski definition) is 2. The highest BCUT2D eigenvalue weighted by atomic mass is 15.2. The van der Waals surface area contributed by atoms with Gasteiger partial charge >= 0.3 is 0 Å². The lowest BCUT2D eigenvalue weighted by molar-refractivity contribution is 0.138. The van der Waals surface area contributed by atoms with Crippen molar-refractivity contribution in [3.63, 3.8) is 0 Å². The van der Waals surface area contributed by atoms with E-state index in [1.54, 1.807) is 0 Å². The molecule has 1 aliphatic rings. The van der Waals surface area contributed by atoms with E-state index in [9.17, 15) is 0 Å². The number of hydrogen-bond donors (Lipinski definition) is 1. The van der Waals surface area contributed by atoms with Gasteiger partial charge in [-0.05, 0) is 42.3 Å². The lowest BCUT2D eigenvalue weighted by Crippen LogP contribution is -2.44. The summed E-state index contributed by atoms with van der Waals surface area (Å²) in [6.07, 6.45) is 4.05. The molecule has 1 saturated heterocycles. The van der Waals surface area contributed by atoms with Gasteiger partial charge in [0.1, 0.15) is 0 Å². The molecule has 1 heterocycles. The summed E-state index contributed by atoms with van der Waals surface area (Å²) in [5, 5.41) is 6.30. The highest BCUT2D eigenvalue weighted by Crippen LogP contribution is 2.24. The Bertz CT molecular complexity index is 573. The van der Waals surface area contributed by atoms with Gasteiger partial charge in [0.05, 0.1) is 0 Å². The van der Waals surface area contributed by atoms with Crippen molar-refractivity contribution < 1.29 is 0 Å². The number of nitrogens with one attached hydrogen (secondary N) is 1. The van der Waals surface area contributed by atoms with Crippen LogP contribution in [-0.2, 0) is 6.54 Å². The van der Waals surface area contributed by atoms with E-state index in [1.165, 1.54) is 42.1 Å². The summed E-state index contributed by atoms with van der Waals surface area (Å²) in [7, 11) is 0. The topological polar surface area (TPSA) is 15.3 Å². The zero-order valence-electron chi connectivity index (χ0n) is 13.0. The van der Waals surface area contributed by atoms with Crippen molar-refractivity contribution in [1.82, 2.24) is 10.2 Å². The van der Waals surface area contributed by atoms with Crippen LogP contribution in [0.15, 0.2) is 42.5 Å². The monoisotopic (exact) mass is 282 g/mol. The molecule has 2 aromatic carbocycles. The van der Waals surface area contributed by atoms with E-state index in [0.717, 1.165) is 19.6 Å². The average molecular weight is 282 g/mol. The molecule has 0 saturated carbocycles. The minimum absolute atomic E-state index is 0.692. The number of fused-ring (bicyclic) bond motifs is 1. The Morgan fingerprint density at radius 3 is 2.86 bits per heavy atom. The molecule has 0 aromatic heterocycles. The van der Waals surface area contributed by atoms with Crippen LogP contribution in [0.3, 0.4) is 0 Å². The van der Waals surface area contributed by atoms with Crippen molar-refractivity contribution in [1.29, 1.82) is 0 Å². The van der Waals surface area contributed by atoms with Crippen LogP contribution in [0.4, 0.5) is 0 Å². The van der Waals surface area contributed by atoms with Crippen molar-refractivity contribution in [2.75, 3.05) is 19.6 Å². The number of nitrogens with zero attached hydrogens (tertiary/aromatic N) is 1. The second-order valence-electron chi connectivity index (χ2n) is 6.07. The summed E-state index contributed by atoms with van der Waals surface area (Å²) in [5.74, 6) is 0. The molecule has 1 unspecified atom stereocenters. The lowest BCUT2D eigenvalue weighted by Gasteiger charge is -2.36. The fourth-order valence-corrected chi connectivity index (χ4v) is 3.46. The zero-order valence-corrected chi connectivity index (χ0v) is 13.0. The maximum Gasteiger partial charge on any atom is 0.0243 e. The third-order valence-electron chi connectivity index (χ3n) is 4.63. The van der Waals surface area contributed by atoms with Gasteiger partial charge in [0.2, 0.25) is 0 Å². The third-order valence-corrected chi connectivity index (χ3v) is 4.63. The fourth-order valence-electron chi connectivity index (χ4n) is 3.46. The van der Waals surface area contributed by atoms with E-state index in [1.807, 2.05) is 0 Å². The molecule has 0 bridgehead atoms. The summed E-state index contributed by atoms with van der Waals surface area (Å²) in [4.78, 5) is 2.67. The minimum Gasteiger partial charge on any atom is -0.315 e. The van der Waals surface area contributed by atoms with Gasteiger partial charge in [-0.15, -0.1) is 0 Å². The molecular formula is C19H26N2. The standard InChI is InChI=1S/C19H26N2/c1-2-20-14-18-11-5-6-13-21(18)15-17-10-7-9-16-8-3-4-12-19(16)17/h3-4,7-10,12,18,20H,2,5-6,11,13-15H2,1H3. The van der Waals surface area contributed by atoms with Crippen LogP contribution in [0.5, 0.6) is 0 Å². The fraction of sp³-hybridized carbons (Fsp3) is 0.474. The van der Waals surface area contributed by atoms with Crippen LogP contribution in [0, 0.1) is 0 Å². The number of likely N-dealkylation sites (N-methyl/N-ethyl adjacent to an activating group) is 1. The van der Waals surface area contributed by atoms with Crippen molar-refractivity contribution in [2.45, 2.75) is 38.8 Å². The molecule has 0 radical (unpaired) electrons. The van der Waals surface area contributed by atoms with Gasteiger partial charge < -0.3 is 5.32 Å². The smallest absolute Gasteiger partial charge is 0.0243 e. The number of rotatable bonds is 5. The zero-order chi connectivity index (χ0) is 14.5. The third kappa shape index (κ3) is 3.45. The van der Waals surface area contributed by atoms with Gasteiger partial charge in [-0.2, -0.15) is 0 Å². The Hall–Kier alpha value is -1.38. The summed E-state index contributed by atoms with van der Waals surface area (Å²) in [6.45, 7) is 6.70. The quantitative estimate of drug-likeness (QED) is 0.897. The largest absolute Gasteiger partial charge is 0.315 e. The second-order valence-corrected chi connectivity index (χ2v) is 6.07. The van der Waals surface area contributed by atoms with Crippen molar-refractivity contribution in [3.8, 4) is 0 Å². The molecule has 3 rings (SSSR count). The highest BCUT2D eigenvalue weighted by Gasteiger charge is 2.22. The molecule has 1 aliphatic heterocycles. The van der Waals surface area contributed by atoms with E-state index < -0.39 is 0 Å². The Morgan fingerprint density at radius 2 is 1.95 bits per heavy atom. The predicted molar refractivity (Wildman–Crippen MR) is 90.5 cm³/mol. The number of likely N-dealkylation sites (tertiary alicyclic amines) is 1. The van der Waals surface area contributed by atoms with Crippen LogP contribution in [0.25, 0.3) is 10.8 Å². The first-order valence-corrected chi connectivity index (χ1v) is 8.30. The van der Waals surface area contributed by atoms with Crippen molar-refractivity contribution in [3.05, 3.63) is 48.0 Å². The van der Waals surface area contributed by atoms with Gasteiger partial charge in [0.25, 0.3) is 0 Å². The highest BCUT2D eigenvalue weighted by molar-refractivity contribution is 5.85. The van der Waals surface area contributed by atoms with E-state index in [2.05, 4.69) is 59.6 Å². The summed E-state index contributed by atoms with van der Waals surface area (Å²) < 4.78 is 0. The van der Waals surface area contributed by atoms with Crippen molar-refractivity contribution >= 4 is 10.8 Å². The molecular weight excluding hydrogens is 256 g/mol. The van der Waals surface area contributed by atoms with E-state index in [-0.39, 0.29) is 0 Å². The van der Waals surface area contributed by atoms with Gasteiger partial charge in [0, 0.05) is 19.1 Å². The molecule has 1 N–H and O–H groups in total. The summed E-state index contributed by atoms with van der Waals surface area (Å²) in [5.41, 5.74) is 1.47. The average Bonchev–Trinajstić information content (AvgIpc) is 2.54. The Kier molecular flexibility index (Phi) is 4.89. The van der Waals surface area contributed by atoms with Gasteiger partial charge in [-0.25, -0.2) is 0 Å². The van der Waals surface area contributed by atoms with E-state index in [4.69, 9.17) is 0 Å². The first-order chi connectivity index (χ1) is 10.4. The molecule has 0 amide bonds. The van der Waals surface area contributed by atoms with Crippen LogP contribution in [-0.4, -0.2) is 30.6 Å². The maximum atomic E-state index is 3.53.